The molecular formula is C22H29NO3. The average molecular weight is 355 g/mol. The van der Waals surface area contributed by atoms with Gasteiger partial charge in [-0.3, -0.25) is 4.90 Å². The maximum Gasteiger partial charge on any atom is 0.141 e. The maximum atomic E-state index is 11.0. The molecule has 0 aliphatic carbocycles. The first kappa shape index (κ1) is 19.1. The molecule has 2 unspecified atom stereocenters. The molecular weight excluding hydrogens is 326 g/mol. The normalized spacial score (nSPS) is 28.3. The molecule has 3 N–H and O–H groups in total. The molecule has 0 radical (unpaired) electrons. The van der Waals surface area contributed by atoms with Crippen LogP contribution >= 0.6 is 0 Å². The molecule has 0 spiro atoms. The maximum absolute atomic E-state index is 11.0. The Balaban J connectivity index is 1.82. The summed E-state index contributed by atoms with van der Waals surface area (Å²) in [6.45, 7) is 6.67. The average Bonchev–Trinajstić information content (AvgIpc) is 2.66. The number of hydrogen-bond donors (Lipinski definition) is 3. The molecule has 3 heterocycles. The summed E-state index contributed by atoms with van der Waals surface area (Å²) >= 11 is 0. The third-order valence-corrected chi connectivity index (χ3v) is 5.66. The monoisotopic (exact) mass is 355 g/mol. The van der Waals surface area contributed by atoms with E-state index in [2.05, 4.69) is 23.3 Å². The molecule has 0 amide bonds. The van der Waals surface area contributed by atoms with Crippen LogP contribution in [0.1, 0.15) is 48.5 Å². The van der Waals surface area contributed by atoms with Gasteiger partial charge in [0.2, 0.25) is 0 Å². The highest BCUT2D eigenvalue weighted by atomic mass is 16.3. The first-order valence-electron chi connectivity index (χ1n) is 9.56. The number of nitrogens with zero attached hydrogens (tertiary/aromatic N) is 1. The number of piperidine rings is 3. The van der Waals surface area contributed by atoms with Gasteiger partial charge in [0.25, 0.3) is 0 Å². The molecule has 3 saturated heterocycles. The lowest BCUT2D eigenvalue weighted by Gasteiger charge is -2.47. The number of aliphatic hydroxyl groups is 3. The fraction of sp³-hybridized carbons (Fsp3) is 0.545. The lowest BCUT2D eigenvalue weighted by molar-refractivity contribution is -0.0713. The highest BCUT2D eigenvalue weighted by Crippen LogP contribution is 2.35. The molecule has 1 aromatic rings. The lowest BCUT2D eigenvalue weighted by atomic mass is 9.75. The number of allylic oxidation sites excluding steroid dienone is 1. The Kier molecular flexibility index (Phi) is 6.16. The van der Waals surface area contributed by atoms with E-state index in [1.807, 2.05) is 24.3 Å². The number of benzene rings is 1. The van der Waals surface area contributed by atoms with Gasteiger partial charge in [-0.25, -0.2) is 0 Å². The predicted molar refractivity (Wildman–Crippen MR) is 103 cm³/mol. The Hall–Kier alpha value is -1.64. The molecule has 2 bridgehead atoms. The molecule has 2 atom stereocenters. The van der Waals surface area contributed by atoms with Gasteiger partial charge in [-0.1, -0.05) is 30.0 Å². The minimum atomic E-state index is -0.915. The fourth-order valence-electron chi connectivity index (χ4n) is 4.07. The topological polar surface area (TPSA) is 63.9 Å². The van der Waals surface area contributed by atoms with E-state index in [1.165, 1.54) is 0 Å². The Morgan fingerprint density at radius 1 is 1.35 bits per heavy atom. The summed E-state index contributed by atoms with van der Waals surface area (Å²) in [5.41, 5.74) is 1.81. The first-order chi connectivity index (χ1) is 12.6. The Morgan fingerprint density at radius 2 is 2.12 bits per heavy atom. The van der Waals surface area contributed by atoms with Crippen LogP contribution < -0.4 is 0 Å². The number of fused-ring (bicyclic) bond motifs is 3. The van der Waals surface area contributed by atoms with Crippen LogP contribution in [-0.2, 0) is 6.42 Å². The van der Waals surface area contributed by atoms with Crippen molar-refractivity contribution in [3.63, 3.8) is 0 Å². The zero-order chi connectivity index (χ0) is 18.6. The van der Waals surface area contributed by atoms with Crippen LogP contribution in [0.25, 0.3) is 0 Å². The van der Waals surface area contributed by atoms with E-state index in [1.54, 1.807) is 0 Å². The number of rotatable bonds is 6. The van der Waals surface area contributed by atoms with Gasteiger partial charge in [-0.15, -0.1) is 6.58 Å². The van der Waals surface area contributed by atoms with Crippen LogP contribution in [0.3, 0.4) is 0 Å². The zero-order valence-corrected chi connectivity index (χ0v) is 15.3. The number of hydrogen-bond acceptors (Lipinski definition) is 4. The molecule has 0 saturated carbocycles. The van der Waals surface area contributed by atoms with Gasteiger partial charge in [-0.05, 0) is 62.4 Å². The van der Waals surface area contributed by atoms with E-state index in [-0.39, 0.29) is 12.5 Å². The Morgan fingerprint density at radius 3 is 2.73 bits per heavy atom. The third kappa shape index (κ3) is 4.19. The van der Waals surface area contributed by atoms with Gasteiger partial charge in [-0.2, -0.15) is 0 Å². The van der Waals surface area contributed by atoms with Crippen molar-refractivity contribution in [3.05, 3.63) is 47.5 Å². The van der Waals surface area contributed by atoms with Gasteiger partial charge < -0.3 is 15.3 Å². The lowest BCUT2D eigenvalue weighted by Crippen LogP contribution is -2.58. The molecule has 140 valence electrons. The fourth-order valence-corrected chi connectivity index (χ4v) is 4.07. The summed E-state index contributed by atoms with van der Waals surface area (Å²) < 4.78 is 0. The SMILES string of the molecule is C=CCc1cc(C(O)CCCO)ccc1C#CC1(O)CN2CCC1CC2. The second-order valence-electron chi connectivity index (χ2n) is 7.52. The minimum absolute atomic E-state index is 0.0803. The molecule has 26 heavy (non-hydrogen) atoms. The quantitative estimate of drug-likeness (QED) is 0.540. The summed E-state index contributed by atoms with van der Waals surface area (Å²) in [6, 6.07) is 5.78. The van der Waals surface area contributed by atoms with E-state index in [9.17, 15) is 10.2 Å². The molecule has 3 aliphatic heterocycles. The summed E-state index contributed by atoms with van der Waals surface area (Å²) in [6.07, 6.45) is 5.04. The van der Waals surface area contributed by atoms with Crippen LogP contribution in [-0.4, -0.2) is 52.1 Å². The summed E-state index contributed by atoms with van der Waals surface area (Å²) in [5, 5.41) is 30.2. The summed E-state index contributed by atoms with van der Waals surface area (Å²) in [5.74, 6) is 6.63. The van der Waals surface area contributed by atoms with Crippen molar-refractivity contribution in [1.82, 2.24) is 4.90 Å². The second-order valence-corrected chi connectivity index (χ2v) is 7.52. The van der Waals surface area contributed by atoms with Gasteiger partial charge in [0.1, 0.15) is 5.60 Å². The highest BCUT2D eigenvalue weighted by Gasteiger charge is 2.44. The zero-order valence-electron chi connectivity index (χ0n) is 15.3. The molecule has 4 rings (SSSR count). The largest absolute Gasteiger partial charge is 0.396 e. The Labute approximate surface area is 156 Å². The first-order valence-corrected chi connectivity index (χ1v) is 9.56. The van der Waals surface area contributed by atoms with E-state index in [4.69, 9.17) is 5.11 Å². The third-order valence-electron chi connectivity index (χ3n) is 5.66. The molecule has 4 heteroatoms. The number of aliphatic hydroxyl groups excluding tert-OH is 2. The standard InChI is InChI=1S/C22H29NO3/c1-2-4-18-15-19(21(25)5-3-14-24)7-6-17(18)8-11-22(26)16-23-12-9-20(22)10-13-23/h2,6-7,15,20-21,24-26H,1,3-5,9-10,12-14,16H2. The molecule has 4 nitrogen and oxygen atoms in total. The second kappa shape index (κ2) is 8.37. The van der Waals surface area contributed by atoms with Gasteiger partial charge in [0, 0.05) is 24.6 Å². The van der Waals surface area contributed by atoms with Crippen molar-refractivity contribution in [2.24, 2.45) is 5.92 Å². The van der Waals surface area contributed by atoms with E-state index < -0.39 is 11.7 Å². The molecule has 1 aromatic carbocycles. The van der Waals surface area contributed by atoms with E-state index in [0.717, 1.165) is 42.6 Å². The summed E-state index contributed by atoms with van der Waals surface area (Å²) in [7, 11) is 0. The predicted octanol–water partition coefficient (Wildman–Crippen LogP) is 2.03. The molecule has 3 fully saturated rings. The van der Waals surface area contributed by atoms with Crippen LogP contribution in [0.5, 0.6) is 0 Å². The molecule has 0 aromatic heterocycles. The minimum Gasteiger partial charge on any atom is -0.396 e. The van der Waals surface area contributed by atoms with Crippen molar-refractivity contribution < 1.29 is 15.3 Å². The van der Waals surface area contributed by atoms with Crippen molar-refractivity contribution in [2.75, 3.05) is 26.2 Å². The van der Waals surface area contributed by atoms with E-state index >= 15 is 0 Å². The smallest absolute Gasteiger partial charge is 0.141 e. The van der Waals surface area contributed by atoms with Crippen LogP contribution in [0, 0.1) is 17.8 Å². The Bertz CT molecular complexity index is 697. The van der Waals surface area contributed by atoms with Gasteiger partial charge in [0.15, 0.2) is 0 Å². The summed E-state index contributed by atoms with van der Waals surface area (Å²) in [4.78, 5) is 2.29. The highest BCUT2D eigenvalue weighted by molar-refractivity contribution is 5.46. The van der Waals surface area contributed by atoms with Crippen molar-refractivity contribution in [1.29, 1.82) is 0 Å². The van der Waals surface area contributed by atoms with Crippen LogP contribution in [0.2, 0.25) is 0 Å². The van der Waals surface area contributed by atoms with Crippen LogP contribution in [0.4, 0.5) is 0 Å². The van der Waals surface area contributed by atoms with Crippen molar-refractivity contribution >= 4 is 0 Å². The molecule has 3 aliphatic rings. The van der Waals surface area contributed by atoms with Gasteiger partial charge in [0.05, 0.1) is 6.10 Å². The van der Waals surface area contributed by atoms with Gasteiger partial charge >= 0.3 is 0 Å². The van der Waals surface area contributed by atoms with Crippen molar-refractivity contribution in [2.45, 2.75) is 43.8 Å². The van der Waals surface area contributed by atoms with Crippen molar-refractivity contribution in [3.8, 4) is 11.8 Å². The van der Waals surface area contributed by atoms with E-state index in [0.29, 0.717) is 25.8 Å². The van der Waals surface area contributed by atoms with Crippen LogP contribution in [0.15, 0.2) is 30.9 Å².